The van der Waals surface area contributed by atoms with Gasteiger partial charge in [-0.2, -0.15) is 5.21 Å². The van der Waals surface area contributed by atoms with Crippen molar-refractivity contribution in [2.45, 2.75) is 13.2 Å². The number of H-pyrrole nitrogens is 1. The zero-order valence-corrected chi connectivity index (χ0v) is 17.8. The zero-order chi connectivity index (χ0) is 22.3. The van der Waals surface area contributed by atoms with Crippen molar-refractivity contribution in [2.75, 3.05) is 0 Å². The molecule has 3 aromatic carbocycles. The van der Waals surface area contributed by atoms with Gasteiger partial charge in [0.05, 0.1) is 11.2 Å². The summed E-state index contributed by atoms with van der Waals surface area (Å²) in [7, 11) is 0. The SMILES string of the molecule is C(=C\c1nn[nH]n1)/c1ccc(OCc2ccc(OCc3ccc4ccccc4n3)cc2)cc1. The fourth-order valence-corrected chi connectivity index (χ4v) is 3.28. The molecule has 2 heterocycles. The molecule has 0 aliphatic heterocycles. The Labute approximate surface area is 190 Å². The van der Waals surface area contributed by atoms with Crippen molar-refractivity contribution in [1.29, 1.82) is 0 Å². The molecule has 5 aromatic rings. The van der Waals surface area contributed by atoms with Crippen LogP contribution in [-0.2, 0) is 13.2 Å². The summed E-state index contributed by atoms with van der Waals surface area (Å²) in [5.74, 6) is 2.14. The quantitative estimate of drug-likeness (QED) is 0.366. The molecule has 0 saturated carbocycles. The summed E-state index contributed by atoms with van der Waals surface area (Å²) in [6, 6.07) is 27.9. The minimum atomic E-state index is 0.425. The Morgan fingerprint density at radius 3 is 2.27 bits per heavy atom. The van der Waals surface area contributed by atoms with E-state index in [0.717, 1.165) is 39.2 Å². The molecule has 0 radical (unpaired) electrons. The van der Waals surface area contributed by atoms with Gasteiger partial charge in [-0.25, -0.2) is 4.98 Å². The Morgan fingerprint density at radius 2 is 1.48 bits per heavy atom. The van der Waals surface area contributed by atoms with Gasteiger partial charge in [0.25, 0.3) is 0 Å². The molecule has 0 spiro atoms. The second-order valence-electron chi connectivity index (χ2n) is 7.39. The van der Waals surface area contributed by atoms with Gasteiger partial charge in [0.2, 0.25) is 0 Å². The molecule has 7 heteroatoms. The average molecular weight is 435 g/mol. The van der Waals surface area contributed by atoms with Crippen LogP contribution in [0.5, 0.6) is 11.5 Å². The van der Waals surface area contributed by atoms with Crippen LogP contribution in [-0.4, -0.2) is 25.6 Å². The van der Waals surface area contributed by atoms with Crippen LogP contribution < -0.4 is 9.47 Å². The van der Waals surface area contributed by atoms with Crippen molar-refractivity contribution in [3.05, 3.63) is 108 Å². The van der Waals surface area contributed by atoms with Gasteiger partial charge in [0.15, 0.2) is 5.82 Å². The summed E-state index contributed by atoms with van der Waals surface area (Å²) in [5.41, 5.74) is 3.96. The molecule has 2 aromatic heterocycles. The van der Waals surface area contributed by atoms with Crippen molar-refractivity contribution >= 4 is 23.1 Å². The van der Waals surface area contributed by atoms with E-state index in [0.29, 0.717) is 19.0 Å². The van der Waals surface area contributed by atoms with Crippen molar-refractivity contribution in [3.8, 4) is 11.5 Å². The summed E-state index contributed by atoms with van der Waals surface area (Å²) in [4.78, 5) is 4.64. The van der Waals surface area contributed by atoms with Gasteiger partial charge in [0.1, 0.15) is 24.7 Å². The number of tetrazole rings is 1. The molecule has 0 saturated heterocycles. The number of ether oxygens (including phenoxy) is 2. The standard InChI is InChI=1S/C26H21N5O2/c1-2-4-25-21(3-1)10-11-22(27-25)18-33-24-14-7-20(8-15-24)17-32-23-12-5-19(6-13-23)9-16-26-28-30-31-29-26/h1-16H,17-18H2,(H,28,29,30,31)/b16-9+. The van der Waals surface area contributed by atoms with Crippen molar-refractivity contribution < 1.29 is 9.47 Å². The van der Waals surface area contributed by atoms with E-state index in [9.17, 15) is 0 Å². The first-order valence-corrected chi connectivity index (χ1v) is 10.5. The van der Waals surface area contributed by atoms with Gasteiger partial charge in [-0.1, -0.05) is 54.6 Å². The third-order valence-corrected chi connectivity index (χ3v) is 5.04. The molecule has 162 valence electrons. The summed E-state index contributed by atoms with van der Waals surface area (Å²) in [6.45, 7) is 0.902. The Morgan fingerprint density at radius 1 is 0.727 bits per heavy atom. The summed E-state index contributed by atoms with van der Waals surface area (Å²) < 4.78 is 11.8. The first-order valence-electron chi connectivity index (χ1n) is 10.5. The molecule has 33 heavy (non-hydrogen) atoms. The third-order valence-electron chi connectivity index (χ3n) is 5.04. The number of pyridine rings is 1. The first kappa shape index (κ1) is 20.4. The summed E-state index contributed by atoms with van der Waals surface area (Å²) >= 11 is 0. The molecule has 0 aliphatic rings. The maximum atomic E-state index is 5.90. The predicted molar refractivity (Wildman–Crippen MR) is 126 cm³/mol. The second kappa shape index (κ2) is 9.74. The molecular weight excluding hydrogens is 414 g/mol. The van der Waals surface area contributed by atoms with E-state index in [-0.39, 0.29) is 0 Å². The topological polar surface area (TPSA) is 85.8 Å². The lowest BCUT2D eigenvalue weighted by molar-refractivity contribution is 0.298. The predicted octanol–water partition coefficient (Wildman–Crippen LogP) is 5.08. The number of nitrogens with one attached hydrogen (secondary N) is 1. The Balaban J connectivity index is 1.12. The van der Waals surface area contributed by atoms with Gasteiger partial charge >= 0.3 is 0 Å². The number of benzene rings is 3. The van der Waals surface area contributed by atoms with Crippen LogP contribution >= 0.6 is 0 Å². The average Bonchev–Trinajstić information content (AvgIpc) is 3.40. The van der Waals surface area contributed by atoms with Crippen LogP contribution in [0.2, 0.25) is 0 Å². The minimum absolute atomic E-state index is 0.425. The van der Waals surface area contributed by atoms with Crippen LogP contribution in [0.4, 0.5) is 0 Å². The lowest BCUT2D eigenvalue weighted by Gasteiger charge is -2.09. The molecule has 0 bridgehead atoms. The highest BCUT2D eigenvalue weighted by molar-refractivity contribution is 5.78. The highest BCUT2D eigenvalue weighted by Crippen LogP contribution is 2.19. The highest BCUT2D eigenvalue weighted by atomic mass is 16.5. The Hall–Kier alpha value is -4.52. The molecule has 0 atom stereocenters. The van der Waals surface area contributed by atoms with Crippen LogP contribution in [0.3, 0.4) is 0 Å². The van der Waals surface area contributed by atoms with E-state index in [4.69, 9.17) is 9.47 Å². The lowest BCUT2D eigenvalue weighted by atomic mass is 10.2. The third kappa shape index (κ3) is 5.40. The number of para-hydroxylation sites is 1. The molecule has 7 nitrogen and oxygen atoms in total. The molecule has 1 N–H and O–H groups in total. The number of hydrogen-bond donors (Lipinski definition) is 1. The van der Waals surface area contributed by atoms with E-state index in [1.165, 1.54) is 0 Å². The molecule has 0 aliphatic carbocycles. The minimum Gasteiger partial charge on any atom is -0.489 e. The fourth-order valence-electron chi connectivity index (χ4n) is 3.28. The maximum Gasteiger partial charge on any atom is 0.197 e. The van der Waals surface area contributed by atoms with E-state index in [1.807, 2.05) is 78.9 Å². The Kier molecular flexibility index (Phi) is 6.02. The number of aromatic nitrogens is 5. The van der Waals surface area contributed by atoms with Crippen LogP contribution in [0, 0.1) is 0 Å². The van der Waals surface area contributed by atoms with Crippen molar-refractivity contribution in [3.63, 3.8) is 0 Å². The van der Waals surface area contributed by atoms with Gasteiger partial charge in [-0.15, -0.1) is 10.2 Å². The zero-order valence-electron chi connectivity index (χ0n) is 17.8. The molecule has 0 unspecified atom stereocenters. The smallest absolute Gasteiger partial charge is 0.197 e. The van der Waals surface area contributed by atoms with Crippen molar-refractivity contribution in [1.82, 2.24) is 25.6 Å². The van der Waals surface area contributed by atoms with Gasteiger partial charge < -0.3 is 9.47 Å². The number of fused-ring (bicyclic) bond motifs is 1. The number of nitrogens with zero attached hydrogens (tertiary/aromatic N) is 4. The summed E-state index contributed by atoms with van der Waals surface area (Å²) in [6.07, 6.45) is 3.71. The van der Waals surface area contributed by atoms with Crippen molar-refractivity contribution in [2.24, 2.45) is 0 Å². The van der Waals surface area contributed by atoms with E-state index < -0.39 is 0 Å². The highest BCUT2D eigenvalue weighted by Gasteiger charge is 2.02. The van der Waals surface area contributed by atoms with Gasteiger partial charge in [0, 0.05) is 5.39 Å². The largest absolute Gasteiger partial charge is 0.489 e. The second-order valence-corrected chi connectivity index (χ2v) is 7.39. The van der Waals surface area contributed by atoms with Crippen LogP contribution in [0.1, 0.15) is 22.6 Å². The molecule has 0 fully saturated rings. The number of aromatic amines is 1. The van der Waals surface area contributed by atoms with Crippen LogP contribution in [0.25, 0.3) is 23.1 Å². The number of rotatable bonds is 8. The number of hydrogen-bond acceptors (Lipinski definition) is 6. The Bertz CT molecular complexity index is 1350. The van der Waals surface area contributed by atoms with E-state index >= 15 is 0 Å². The molecular formula is C26H21N5O2. The lowest BCUT2D eigenvalue weighted by Crippen LogP contribution is -1.99. The monoisotopic (exact) mass is 435 g/mol. The van der Waals surface area contributed by atoms with Crippen LogP contribution in [0.15, 0.2) is 84.9 Å². The normalized spacial score (nSPS) is 11.2. The van der Waals surface area contributed by atoms with E-state index in [1.54, 1.807) is 6.08 Å². The van der Waals surface area contributed by atoms with E-state index in [2.05, 4.69) is 37.7 Å². The maximum absolute atomic E-state index is 5.90. The molecule has 5 rings (SSSR count). The summed E-state index contributed by atoms with van der Waals surface area (Å²) in [5, 5.41) is 14.8. The van der Waals surface area contributed by atoms with Gasteiger partial charge in [-0.05, 0) is 58.8 Å². The fraction of sp³-hybridized carbons (Fsp3) is 0.0769. The van der Waals surface area contributed by atoms with Gasteiger partial charge in [-0.3, -0.25) is 0 Å². The first-order chi connectivity index (χ1) is 16.3. The molecule has 0 amide bonds.